The van der Waals surface area contributed by atoms with Crippen LogP contribution in [0.3, 0.4) is 0 Å². The van der Waals surface area contributed by atoms with E-state index < -0.39 is 0 Å². The second-order valence-electron chi connectivity index (χ2n) is 10.9. The minimum atomic E-state index is -0.243. The van der Waals surface area contributed by atoms with Crippen LogP contribution >= 0.6 is 0 Å². The van der Waals surface area contributed by atoms with Crippen LogP contribution in [-0.2, 0) is 11.2 Å². The second kappa shape index (κ2) is 9.05. The number of carbonyl (C=O) groups excluding carboxylic acids is 1. The SMILES string of the molecule is O=C(OCC1c2ccccc2-c2ccccc21)N1[C@H](Cc2c[nH]c3cc(F)ccc23)C[C@@H]2CCCC[C@@H]21. The molecule has 0 unspecified atom stereocenters. The molecule has 7 rings (SSSR count). The van der Waals surface area contributed by atoms with Crippen molar-refractivity contribution in [3.8, 4) is 11.1 Å². The molecule has 5 heteroatoms. The Hall–Kier alpha value is -3.60. The van der Waals surface area contributed by atoms with E-state index in [0.29, 0.717) is 12.5 Å². The highest BCUT2D eigenvalue weighted by molar-refractivity contribution is 5.83. The van der Waals surface area contributed by atoms with E-state index in [1.165, 1.54) is 47.2 Å². The first kappa shape index (κ1) is 22.6. The highest BCUT2D eigenvalue weighted by atomic mass is 19.1. The Morgan fingerprint density at radius 2 is 1.70 bits per heavy atom. The summed E-state index contributed by atoms with van der Waals surface area (Å²) < 4.78 is 19.9. The summed E-state index contributed by atoms with van der Waals surface area (Å²) in [5, 5.41) is 1.03. The third-order valence-electron chi connectivity index (χ3n) is 8.93. The first-order valence-electron chi connectivity index (χ1n) is 13.6. The number of nitrogens with one attached hydrogen (secondary N) is 1. The summed E-state index contributed by atoms with van der Waals surface area (Å²) in [5.74, 6) is 0.345. The van der Waals surface area contributed by atoms with E-state index >= 15 is 0 Å². The van der Waals surface area contributed by atoms with Gasteiger partial charge in [0.1, 0.15) is 12.4 Å². The highest BCUT2D eigenvalue weighted by Crippen LogP contribution is 2.45. The predicted octanol–water partition coefficient (Wildman–Crippen LogP) is 7.43. The van der Waals surface area contributed by atoms with Gasteiger partial charge in [-0.2, -0.15) is 0 Å². The molecule has 3 aromatic carbocycles. The van der Waals surface area contributed by atoms with E-state index in [9.17, 15) is 9.18 Å². The van der Waals surface area contributed by atoms with Gasteiger partial charge in [0.05, 0.1) is 0 Å². The van der Waals surface area contributed by atoms with Gasteiger partial charge in [-0.15, -0.1) is 0 Å². The molecule has 4 nitrogen and oxygen atoms in total. The lowest BCUT2D eigenvalue weighted by Crippen LogP contribution is -2.44. The fraction of sp³-hybridized carbons (Fsp3) is 0.344. The summed E-state index contributed by atoms with van der Waals surface area (Å²) in [4.78, 5) is 19.1. The minimum Gasteiger partial charge on any atom is -0.448 e. The van der Waals surface area contributed by atoms with Gasteiger partial charge in [0.25, 0.3) is 0 Å². The van der Waals surface area contributed by atoms with Gasteiger partial charge in [-0.05, 0) is 77.6 Å². The van der Waals surface area contributed by atoms with Crippen LogP contribution in [0, 0.1) is 11.7 Å². The predicted molar refractivity (Wildman–Crippen MR) is 143 cm³/mol. The summed E-state index contributed by atoms with van der Waals surface area (Å²) in [6, 6.07) is 22.1. The molecule has 1 saturated carbocycles. The first-order chi connectivity index (χ1) is 18.2. The number of likely N-dealkylation sites (tertiary alicyclic amines) is 1. The number of ether oxygens (including phenoxy) is 1. The van der Waals surface area contributed by atoms with Crippen LogP contribution in [0.4, 0.5) is 9.18 Å². The molecule has 3 aliphatic rings. The van der Waals surface area contributed by atoms with Crippen molar-refractivity contribution in [3.05, 3.63) is 95.4 Å². The van der Waals surface area contributed by atoms with E-state index in [4.69, 9.17) is 4.74 Å². The number of benzene rings is 3. The van der Waals surface area contributed by atoms with Gasteiger partial charge in [0.15, 0.2) is 0 Å². The Morgan fingerprint density at radius 1 is 0.973 bits per heavy atom. The number of halogens is 1. The second-order valence-corrected chi connectivity index (χ2v) is 10.9. The molecular weight excluding hydrogens is 463 g/mol. The molecular formula is C32H31FN2O2. The molecule has 1 N–H and O–H groups in total. The molecule has 0 bridgehead atoms. The smallest absolute Gasteiger partial charge is 0.410 e. The molecule has 37 heavy (non-hydrogen) atoms. The maximum atomic E-state index is 13.8. The summed E-state index contributed by atoms with van der Waals surface area (Å²) in [6.45, 7) is 0.347. The largest absolute Gasteiger partial charge is 0.448 e. The Balaban J connectivity index is 1.14. The van der Waals surface area contributed by atoms with Crippen LogP contribution in [0.2, 0.25) is 0 Å². The van der Waals surface area contributed by atoms with E-state index in [2.05, 4.69) is 58.4 Å². The zero-order chi connectivity index (χ0) is 24.9. The van der Waals surface area contributed by atoms with Gasteiger partial charge >= 0.3 is 6.09 Å². The topological polar surface area (TPSA) is 45.3 Å². The third kappa shape index (κ3) is 3.83. The number of aromatic amines is 1. The maximum Gasteiger partial charge on any atom is 0.410 e. The molecule has 1 aliphatic heterocycles. The molecule has 4 aromatic rings. The lowest BCUT2D eigenvalue weighted by Gasteiger charge is -2.33. The number of H-pyrrole nitrogens is 1. The van der Waals surface area contributed by atoms with Gasteiger partial charge in [0, 0.05) is 35.1 Å². The van der Waals surface area contributed by atoms with Gasteiger partial charge in [-0.3, -0.25) is 0 Å². The van der Waals surface area contributed by atoms with E-state index in [-0.39, 0.29) is 29.9 Å². The number of carbonyl (C=O) groups is 1. The Bertz CT molecular complexity index is 1430. The van der Waals surface area contributed by atoms with Gasteiger partial charge in [-0.25, -0.2) is 9.18 Å². The average Bonchev–Trinajstić information content (AvgIpc) is 3.59. The van der Waals surface area contributed by atoms with Crippen molar-refractivity contribution in [2.45, 2.75) is 56.5 Å². The number of amides is 1. The van der Waals surface area contributed by atoms with Crippen molar-refractivity contribution in [3.63, 3.8) is 0 Å². The number of nitrogens with zero attached hydrogens (tertiary/aromatic N) is 1. The van der Waals surface area contributed by atoms with Crippen LogP contribution in [0.25, 0.3) is 22.0 Å². The van der Waals surface area contributed by atoms with E-state index in [1.807, 2.05) is 12.3 Å². The summed E-state index contributed by atoms with van der Waals surface area (Å²) in [7, 11) is 0. The van der Waals surface area contributed by atoms with Crippen LogP contribution in [-0.4, -0.2) is 34.7 Å². The van der Waals surface area contributed by atoms with Gasteiger partial charge in [0.2, 0.25) is 0 Å². The van der Waals surface area contributed by atoms with Crippen LogP contribution in [0.1, 0.15) is 54.7 Å². The van der Waals surface area contributed by atoms with Gasteiger partial charge < -0.3 is 14.6 Å². The Morgan fingerprint density at radius 3 is 2.49 bits per heavy atom. The fourth-order valence-electron chi connectivity index (χ4n) is 7.28. The minimum absolute atomic E-state index is 0.0584. The Kier molecular flexibility index (Phi) is 5.53. The van der Waals surface area contributed by atoms with E-state index in [1.54, 1.807) is 0 Å². The standard InChI is InChI=1S/C32H31FN2O2/c33-22-13-14-24-21(18-34-30(24)17-22)16-23-15-20-7-1-6-12-31(20)35(23)32(36)37-19-29-27-10-4-2-8-25(27)26-9-3-5-11-28(26)29/h2-5,8-11,13-14,17-18,20,23,29,31,34H,1,6-7,12,15-16,19H2/t20-,23-,31-/m0/s1. The normalized spacial score (nSPS) is 22.6. The number of fused-ring (bicyclic) bond motifs is 5. The molecule has 1 amide bonds. The fourth-order valence-corrected chi connectivity index (χ4v) is 7.28. The van der Waals surface area contributed by atoms with Crippen molar-refractivity contribution in [1.29, 1.82) is 0 Å². The van der Waals surface area contributed by atoms with Crippen molar-refractivity contribution < 1.29 is 13.9 Å². The third-order valence-corrected chi connectivity index (χ3v) is 8.93. The summed E-state index contributed by atoms with van der Waals surface area (Å²) in [5.41, 5.74) is 6.88. The molecule has 1 aromatic heterocycles. The number of rotatable bonds is 4. The molecule has 2 heterocycles. The first-order valence-corrected chi connectivity index (χ1v) is 13.6. The average molecular weight is 495 g/mol. The molecule has 0 spiro atoms. The lowest BCUT2D eigenvalue weighted by molar-refractivity contribution is 0.0725. The van der Waals surface area contributed by atoms with Crippen molar-refractivity contribution in [2.75, 3.05) is 6.61 Å². The van der Waals surface area contributed by atoms with Crippen LogP contribution in [0.5, 0.6) is 0 Å². The maximum absolute atomic E-state index is 13.8. The number of aromatic nitrogens is 1. The monoisotopic (exact) mass is 494 g/mol. The van der Waals surface area contributed by atoms with Crippen LogP contribution in [0.15, 0.2) is 72.9 Å². The lowest BCUT2D eigenvalue weighted by atomic mass is 9.84. The van der Waals surface area contributed by atoms with E-state index in [0.717, 1.165) is 42.1 Å². The van der Waals surface area contributed by atoms with Crippen molar-refractivity contribution >= 4 is 17.0 Å². The zero-order valence-corrected chi connectivity index (χ0v) is 20.8. The molecule has 3 atom stereocenters. The van der Waals surface area contributed by atoms with Crippen molar-refractivity contribution in [1.82, 2.24) is 9.88 Å². The number of hydrogen-bond acceptors (Lipinski definition) is 2. The quantitative estimate of drug-likeness (QED) is 0.321. The molecule has 0 radical (unpaired) electrons. The molecule has 188 valence electrons. The molecule has 2 fully saturated rings. The van der Waals surface area contributed by atoms with Crippen molar-refractivity contribution in [2.24, 2.45) is 5.92 Å². The summed E-state index contributed by atoms with van der Waals surface area (Å²) in [6.07, 6.45) is 8.16. The summed E-state index contributed by atoms with van der Waals surface area (Å²) >= 11 is 0. The van der Waals surface area contributed by atoms with Crippen LogP contribution < -0.4 is 0 Å². The molecule has 1 saturated heterocycles. The highest BCUT2D eigenvalue weighted by Gasteiger charge is 2.45. The zero-order valence-electron chi connectivity index (χ0n) is 20.8. The van der Waals surface area contributed by atoms with Gasteiger partial charge in [-0.1, -0.05) is 61.4 Å². The number of hydrogen-bond donors (Lipinski definition) is 1. The Labute approximate surface area is 216 Å². The molecule has 2 aliphatic carbocycles.